The van der Waals surface area contributed by atoms with E-state index in [1.165, 1.54) is 16.7 Å². The van der Waals surface area contributed by atoms with Crippen molar-refractivity contribution in [1.29, 1.82) is 0 Å². The Kier molecular flexibility index (Phi) is 7.10. The van der Waals surface area contributed by atoms with E-state index < -0.39 is 0 Å². The fourth-order valence-electron chi connectivity index (χ4n) is 6.37. The SMILES string of the molecule is c1ccc(-c2ccc(-c3ccc(-c4nc(-c5ccccc5)nc(-c5ccc6oc7ccc(-c8ccccc8)cc7c6c5)n4)cc3)cc2)cc1. The van der Waals surface area contributed by atoms with Gasteiger partial charge in [-0.2, -0.15) is 0 Å². The summed E-state index contributed by atoms with van der Waals surface area (Å²) in [5.41, 5.74) is 11.4. The van der Waals surface area contributed by atoms with E-state index in [0.717, 1.165) is 55.3 Å². The molecule has 0 bridgehead atoms. The molecule has 0 radical (unpaired) electrons. The zero-order valence-corrected chi connectivity index (χ0v) is 26.5. The van der Waals surface area contributed by atoms with Crippen molar-refractivity contribution in [3.05, 3.63) is 176 Å². The van der Waals surface area contributed by atoms with Gasteiger partial charge in [-0.25, -0.2) is 15.0 Å². The number of hydrogen-bond acceptors (Lipinski definition) is 4. The standard InChI is InChI=1S/C45H29N3O/c1-4-10-30(11-5-1)32-16-18-33(19-17-32)34-20-22-36(23-21-34)44-46-43(35-14-8-3-9-15-35)47-45(48-44)38-25-27-42-40(29-38)39-28-37(24-26-41(39)49-42)31-12-6-2-7-13-31/h1-29H. The molecule has 49 heavy (non-hydrogen) atoms. The molecule has 0 amide bonds. The molecule has 0 saturated carbocycles. The Bertz CT molecular complexity index is 2560. The zero-order valence-electron chi connectivity index (χ0n) is 26.5. The van der Waals surface area contributed by atoms with Crippen LogP contribution in [0.4, 0.5) is 0 Å². The number of aromatic nitrogens is 3. The van der Waals surface area contributed by atoms with Crippen LogP contribution in [0, 0.1) is 0 Å². The van der Waals surface area contributed by atoms with E-state index in [0.29, 0.717) is 17.5 Å². The first-order chi connectivity index (χ1) is 24.2. The van der Waals surface area contributed by atoms with Crippen molar-refractivity contribution in [1.82, 2.24) is 15.0 Å². The van der Waals surface area contributed by atoms with Gasteiger partial charge in [-0.05, 0) is 63.7 Å². The van der Waals surface area contributed by atoms with Crippen LogP contribution in [0.3, 0.4) is 0 Å². The van der Waals surface area contributed by atoms with Crippen molar-refractivity contribution in [3.8, 4) is 67.5 Å². The summed E-state index contributed by atoms with van der Waals surface area (Å²) in [6, 6.07) is 60.6. The fraction of sp³-hybridized carbons (Fsp3) is 0. The van der Waals surface area contributed by atoms with Crippen molar-refractivity contribution in [2.75, 3.05) is 0 Å². The average molecular weight is 628 g/mol. The van der Waals surface area contributed by atoms with Crippen LogP contribution in [0.15, 0.2) is 180 Å². The fourth-order valence-corrected chi connectivity index (χ4v) is 6.37. The Labute approximate surface area is 284 Å². The number of rotatable bonds is 6. The molecule has 4 heteroatoms. The van der Waals surface area contributed by atoms with Crippen molar-refractivity contribution in [3.63, 3.8) is 0 Å². The molecule has 2 heterocycles. The first-order valence-electron chi connectivity index (χ1n) is 16.4. The minimum Gasteiger partial charge on any atom is -0.456 e. The number of furan rings is 1. The highest BCUT2D eigenvalue weighted by Crippen LogP contribution is 2.35. The molecule has 7 aromatic carbocycles. The summed E-state index contributed by atoms with van der Waals surface area (Å²) in [7, 11) is 0. The minimum absolute atomic E-state index is 0.611. The summed E-state index contributed by atoms with van der Waals surface area (Å²) in [5.74, 6) is 1.86. The highest BCUT2D eigenvalue weighted by atomic mass is 16.3. The number of hydrogen-bond donors (Lipinski definition) is 0. The largest absolute Gasteiger partial charge is 0.456 e. The van der Waals surface area contributed by atoms with Crippen LogP contribution in [0.25, 0.3) is 89.5 Å². The maximum atomic E-state index is 6.24. The molecule has 2 aromatic heterocycles. The zero-order chi connectivity index (χ0) is 32.6. The van der Waals surface area contributed by atoms with Crippen molar-refractivity contribution in [2.24, 2.45) is 0 Å². The molecular weight excluding hydrogens is 599 g/mol. The first kappa shape index (κ1) is 28.6. The summed E-state index contributed by atoms with van der Waals surface area (Å²) in [4.78, 5) is 15.0. The summed E-state index contributed by atoms with van der Waals surface area (Å²) < 4.78 is 6.24. The van der Waals surface area contributed by atoms with Crippen LogP contribution >= 0.6 is 0 Å². The topological polar surface area (TPSA) is 51.8 Å². The van der Waals surface area contributed by atoms with Gasteiger partial charge in [-0.1, -0.05) is 146 Å². The van der Waals surface area contributed by atoms with Gasteiger partial charge in [0.15, 0.2) is 17.5 Å². The summed E-state index contributed by atoms with van der Waals surface area (Å²) in [6.45, 7) is 0. The molecule has 230 valence electrons. The molecule has 0 spiro atoms. The second kappa shape index (κ2) is 12.2. The van der Waals surface area contributed by atoms with E-state index in [1.807, 2.05) is 60.7 Å². The lowest BCUT2D eigenvalue weighted by Gasteiger charge is -2.09. The van der Waals surface area contributed by atoms with Crippen molar-refractivity contribution in [2.45, 2.75) is 0 Å². The van der Waals surface area contributed by atoms with E-state index in [2.05, 4.69) is 115 Å². The Morgan fingerprint density at radius 3 is 1.06 bits per heavy atom. The van der Waals surface area contributed by atoms with Gasteiger partial charge in [0.25, 0.3) is 0 Å². The minimum atomic E-state index is 0.611. The van der Waals surface area contributed by atoms with E-state index in [4.69, 9.17) is 19.4 Å². The molecular formula is C45H29N3O. The van der Waals surface area contributed by atoms with E-state index in [1.54, 1.807) is 0 Å². The maximum absolute atomic E-state index is 6.24. The van der Waals surface area contributed by atoms with Gasteiger partial charge in [0.1, 0.15) is 11.2 Å². The summed E-state index contributed by atoms with van der Waals surface area (Å²) >= 11 is 0. The maximum Gasteiger partial charge on any atom is 0.164 e. The molecule has 0 aliphatic heterocycles. The monoisotopic (exact) mass is 627 g/mol. The van der Waals surface area contributed by atoms with Gasteiger partial charge < -0.3 is 4.42 Å². The van der Waals surface area contributed by atoms with Gasteiger partial charge in [-0.15, -0.1) is 0 Å². The summed E-state index contributed by atoms with van der Waals surface area (Å²) in [5, 5.41) is 2.08. The molecule has 0 saturated heterocycles. The van der Waals surface area contributed by atoms with E-state index >= 15 is 0 Å². The lowest BCUT2D eigenvalue weighted by molar-refractivity contribution is 0.669. The second-order valence-electron chi connectivity index (χ2n) is 12.1. The highest BCUT2D eigenvalue weighted by Gasteiger charge is 2.15. The average Bonchev–Trinajstić information content (AvgIpc) is 3.56. The van der Waals surface area contributed by atoms with Crippen LogP contribution in [0.2, 0.25) is 0 Å². The number of nitrogens with zero attached hydrogens (tertiary/aromatic N) is 3. The lowest BCUT2D eigenvalue weighted by atomic mass is 9.99. The molecule has 0 aliphatic rings. The van der Waals surface area contributed by atoms with Crippen LogP contribution in [0.1, 0.15) is 0 Å². The first-order valence-corrected chi connectivity index (χ1v) is 16.4. The Morgan fingerprint density at radius 1 is 0.265 bits per heavy atom. The summed E-state index contributed by atoms with van der Waals surface area (Å²) in [6.07, 6.45) is 0. The molecule has 0 unspecified atom stereocenters. The second-order valence-corrected chi connectivity index (χ2v) is 12.1. The smallest absolute Gasteiger partial charge is 0.164 e. The van der Waals surface area contributed by atoms with E-state index in [-0.39, 0.29) is 0 Å². The Hall–Kier alpha value is -6.65. The van der Waals surface area contributed by atoms with E-state index in [9.17, 15) is 0 Å². The Balaban J connectivity index is 1.11. The molecule has 0 fully saturated rings. The number of benzene rings is 7. The molecule has 0 aliphatic carbocycles. The third-order valence-electron chi connectivity index (χ3n) is 8.97. The quantitative estimate of drug-likeness (QED) is 0.184. The Morgan fingerprint density at radius 2 is 0.571 bits per heavy atom. The van der Waals surface area contributed by atoms with Crippen LogP contribution in [-0.2, 0) is 0 Å². The lowest BCUT2D eigenvalue weighted by Crippen LogP contribution is -2.00. The molecule has 9 aromatic rings. The van der Waals surface area contributed by atoms with Gasteiger partial charge in [0.2, 0.25) is 0 Å². The normalized spacial score (nSPS) is 11.3. The number of fused-ring (bicyclic) bond motifs is 3. The van der Waals surface area contributed by atoms with Gasteiger partial charge in [0.05, 0.1) is 0 Å². The van der Waals surface area contributed by atoms with Crippen molar-refractivity contribution >= 4 is 21.9 Å². The third kappa shape index (κ3) is 5.56. The van der Waals surface area contributed by atoms with Crippen LogP contribution in [-0.4, -0.2) is 15.0 Å². The van der Waals surface area contributed by atoms with Crippen LogP contribution in [0.5, 0.6) is 0 Å². The molecule has 0 atom stereocenters. The molecule has 9 rings (SSSR count). The predicted octanol–water partition coefficient (Wildman–Crippen LogP) is 11.8. The van der Waals surface area contributed by atoms with Gasteiger partial charge in [-0.3, -0.25) is 0 Å². The van der Waals surface area contributed by atoms with Crippen LogP contribution < -0.4 is 0 Å². The molecule has 4 nitrogen and oxygen atoms in total. The van der Waals surface area contributed by atoms with Crippen molar-refractivity contribution < 1.29 is 4.42 Å². The highest BCUT2D eigenvalue weighted by molar-refractivity contribution is 6.07. The van der Waals surface area contributed by atoms with Gasteiger partial charge in [0, 0.05) is 27.5 Å². The predicted molar refractivity (Wildman–Crippen MR) is 200 cm³/mol. The molecule has 0 N–H and O–H groups in total. The van der Waals surface area contributed by atoms with Gasteiger partial charge >= 0.3 is 0 Å². The third-order valence-corrected chi connectivity index (χ3v) is 8.97.